The number of hydrogen-bond donors (Lipinski definition) is 1. The molecule has 0 saturated heterocycles. The van der Waals surface area contributed by atoms with E-state index in [1.807, 2.05) is 6.07 Å². The van der Waals surface area contributed by atoms with E-state index in [0.717, 1.165) is 10.4 Å². The smallest absolute Gasteiger partial charge is 0.0931 e. The lowest BCUT2D eigenvalue weighted by Gasteiger charge is -2.10. The minimum absolute atomic E-state index is 0.459. The number of nitrogens with one attached hydrogen (secondary N) is 1. The van der Waals surface area contributed by atoms with Crippen molar-refractivity contribution in [1.29, 1.82) is 0 Å². The van der Waals surface area contributed by atoms with Crippen LogP contribution in [0.1, 0.15) is 31.4 Å². The van der Waals surface area contributed by atoms with Crippen LogP contribution >= 0.6 is 22.9 Å². The second kappa shape index (κ2) is 3.36. The van der Waals surface area contributed by atoms with Gasteiger partial charge in [-0.3, -0.25) is 0 Å². The van der Waals surface area contributed by atoms with Crippen molar-refractivity contribution in [2.45, 2.75) is 31.8 Å². The molecule has 0 bridgehead atoms. The first kappa shape index (κ1) is 8.54. The van der Waals surface area contributed by atoms with Crippen LogP contribution in [0.15, 0.2) is 11.4 Å². The maximum atomic E-state index is 5.85. The van der Waals surface area contributed by atoms with Crippen LogP contribution in [0.2, 0.25) is 4.34 Å². The molecule has 1 fully saturated rings. The van der Waals surface area contributed by atoms with Gasteiger partial charge in [-0.15, -0.1) is 11.3 Å². The zero-order valence-electron chi connectivity index (χ0n) is 7.01. The Morgan fingerprint density at radius 3 is 2.92 bits per heavy atom. The van der Waals surface area contributed by atoms with E-state index in [0.29, 0.717) is 6.04 Å². The highest BCUT2D eigenvalue weighted by Gasteiger charge is 2.23. The summed E-state index contributed by atoms with van der Waals surface area (Å²) in [4.78, 5) is 0. The third kappa shape index (κ3) is 2.00. The first-order valence-electron chi connectivity index (χ1n) is 4.25. The summed E-state index contributed by atoms with van der Waals surface area (Å²) in [5.41, 5.74) is 1.32. The van der Waals surface area contributed by atoms with Crippen molar-refractivity contribution in [1.82, 2.24) is 5.32 Å². The highest BCUT2D eigenvalue weighted by molar-refractivity contribution is 7.14. The summed E-state index contributed by atoms with van der Waals surface area (Å²) in [6, 6.07) is 3.27. The second-order valence-electron chi connectivity index (χ2n) is 3.35. The molecule has 1 unspecified atom stereocenters. The van der Waals surface area contributed by atoms with Gasteiger partial charge >= 0.3 is 0 Å². The largest absolute Gasteiger partial charge is 0.307 e. The van der Waals surface area contributed by atoms with Crippen LogP contribution in [0.4, 0.5) is 0 Å². The van der Waals surface area contributed by atoms with E-state index in [1.165, 1.54) is 18.4 Å². The van der Waals surface area contributed by atoms with Crippen molar-refractivity contribution >= 4 is 22.9 Å². The Bertz CT molecular complexity index is 267. The molecule has 1 heterocycles. The van der Waals surface area contributed by atoms with Gasteiger partial charge in [0.15, 0.2) is 0 Å². The molecule has 1 nitrogen and oxygen atoms in total. The highest BCUT2D eigenvalue weighted by Crippen LogP contribution is 2.28. The molecular formula is C9H12ClNS. The van der Waals surface area contributed by atoms with Crippen molar-refractivity contribution < 1.29 is 0 Å². The monoisotopic (exact) mass is 201 g/mol. The predicted octanol–water partition coefficient (Wildman–Crippen LogP) is 3.21. The average Bonchev–Trinajstić information content (AvgIpc) is 2.72. The topological polar surface area (TPSA) is 12.0 Å². The summed E-state index contributed by atoms with van der Waals surface area (Å²) in [7, 11) is 0. The summed E-state index contributed by atoms with van der Waals surface area (Å²) in [5.74, 6) is 0. The average molecular weight is 202 g/mol. The second-order valence-corrected chi connectivity index (χ2v) is 4.89. The Hall–Kier alpha value is -0.0500. The number of thiophene rings is 1. The van der Waals surface area contributed by atoms with Gasteiger partial charge in [0.2, 0.25) is 0 Å². The van der Waals surface area contributed by atoms with Crippen LogP contribution in [0.5, 0.6) is 0 Å². The summed E-state index contributed by atoms with van der Waals surface area (Å²) < 4.78 is 0.884. The van der Waals surface area contributed by atoms with Crippen LogP contribution in [-0.4, -0.2) is 6.04 Å². The molecule has 1 aromatic rings. The molecule has 0 aliphatic heterocycles. The van der Waals surface area contributed by atoms with E-state index in [1.54, 1.807) is 11.3 Å². The van der Waals surface area contributed by atoms with Gasteiger partial charge in [-0.25, -0.2) is 0 Å². The third-order valence-corrected chi connectivity index (χ3v) is 3.26. The Morgan fingerprint density at radius 2 is 2.42 bits per heavy atom. The van der Waals surface area contributed by atoms with E-state index in [2.05, 4.69) is 17.6 Å². The summed E-state index contributed by atoms with van der Waals surface area (Å²) >= 11 is 7.45. The van der Waals surface area contributed by atoms with E-state index in [9.17, 15) is 0 Å². The molecule has 1 aliphatic rings. The lowest BCUT2D eigenvalue weighted by atomic mass is 10.2. The van der Waals surface area contributed by atoms with Crippen molar-refractivity contribution in [3.63, 3.8) is 0 Å². The lowest BCUT2D eigenvalue weighted by Crippen LogP contribution is -2.19. The van der Waals surface area contributed by atoms with Crippen LogP contribution < -0.4 is 5.32 Å². The molecule has 2 rings (SSSR count). The first-order valence-corrected chi connectivity index (χ1v) is 5.51. The van der Waals surface area contributed by atoms with Crippen LogP contribution in [0, 0.1) is 0 Å². The van der Waals surface area contributed by atoms with Crippen LogP contribution in [0.25, 0.3) is 0 Å². The zero-order chi connectivity index (χ0) is 8.55. The van der Waals surface area contributed by atoms with Gasteiger partial charge in [-0.05, 0) is 36.8 Å². The molecule has 66 valence electrons. The molecular weight excluding hydrogens is 190 g/mol. The van der Waals surface area contributed by atoms with Crippen molar-refractivity contribution in [3.05, 3.63) is 21.3 Å². The van der Waals surface area contributed by atoms with Gasteiger partial charge in [-0.1, -0.05) is 11.6 Å². The Morgan fingerprint density at radius 1 is 1.67 bits per heavy atom. The normalized spacial score (nSPS) is 19.5. The van der Waals surface area contributed by atoms with Gasteiger partial charge in [0.1, 0.15) is 0 Å². The summed E-state index contributed by atoms with van der Waals surface area (Å²) in [6.45, 7) is 2.19. The number of hydrogen-bond acceptors (Lipinski definition) is 2. The van der Waals surface area contributed by atoms with E-state index in [-0.39, 0.29) is 0 Å². The molecule has 0 amide bonds. The minimum Gasteiger partial charge on any atom is -0.307 e. The molecule has 0 spiro atoms. The van der Waals surface area contributed by atoms with Crippen molar-refractivity contribution in [2.75, 3.05) is 0 Å². The fourth-order valence-corrected chi connectivity index (χ4v) is 2.23. The molecule has 0 radical (unpaired) electrons. The molecule has 12 heavy (non-hydrogen) atoms. The zero-order valence-corrected chi connectivity index (χ0v) is 8.58. The third-order valence-electron chi connectivity index (χ3n) is 2.15. The number of halogens is 1. The standard InChI is InChI=1S/C9H12ClNS/c1-6(11-8-2-3-8)7-4-9(10)12-5-7/h4-6,8,11H,2-3H2,1H3. The van der Waals surface area contributed by atoms with Crippen molar-refractivity contribution in [2.24, 2.45) is 0 Å². The van der Waals surface area contributed by atoms with E-state index >= 15 is 0 Å². The van der Waals surface area contributed by atoms with E-state index in [4.69, 9.17) is 11.6 Å². The fraction of sp³-hybridized carbons (Fsp3) is 0.556. The van der Waals surface area contributed by atoms with Gasteiger partial charge in [0.25, 0.3) is 0 Å². The Balaban J connectivity index is 1.97. The minimum atomic E-state index is 0.459. The SMILES string of the molecule is CC(NC1CC1)c1csc(Cl)c1. The van der Waals surface area contributed by atoms with Gasteiger partial charge < -0.3 is 5.32 Å². The Kier molecular flexibility index (Phi) is 2.40. The molecule has 0 aromatic carbocycles. The number of rotatable bonds is 3. The molecule has 1 aliphatic carbocycles. The predicted molar refractivity (Wildman–Crippen MR) is 53.9 cm³/mol. The highest BCUT2D eigenvalue weighted by atomic mass is 35.5. The molecule has 1 saturated carbocycles. The Labute approximate surface area is 81.7 Å². The van der Waals surface area contributed by atoms with Crippen molar-refractivity contribution in [3.8, 4) is 0 Å². The maximum absolute atomic E-state index is 5.85. The maximum Gasteiger partial charge on any atom is 0.0931 e. The quantitative estimate of drug-likeness (QED) is 0.792. The lowest BCUT2D eigenvalue weighted by molar-refractivity contribution is 0.572. The van der Waals surface area contributed by atoms with Gasteiger partial charge in [0.05, 0.1) is 4.34 Å². The molecule has 3 heteroatoms. The fourth-order valence-electron chi connectivity index (χ4n) is 1.25. The summed E-state index contributed by atoms with van der Waals surface area (Å²) in [5, 5.41) is 5.66. The summed E-state index contributed by atoms with van der Waals surface area (Å²) in [6.07, 6.45) is 2.67. The first-order chi connectivity index (χ1) is 5.75. The van der Waals surface area contributed by atoms with Crippen LogP contribution in [-0.2, 0) is 0 Å². The van der Waals surface area contributed by atoms with E-state index < -0.39 is 0 Å². The molecule has 1 N–H and O–H groups in total. The van der Waals surface area contributed by atoms with Gasteiger partial charge in [-0.2, -0.15) is 0 Å². The van der Waals surface area contributed by atoms with Gasteiger partial charge in [0, 0.05) is 12.1 Å². The van der Waals surface area contributed by atoms with Crippen LogP contribution in [0.3, 0.4) is 0 Å². The molecule has 1 aromatic heterocycles. The molecule has 1 atom stereocenters.